The van der Waals surface area contributed by atoms with Crippen LogP contribution in [0.15, 0.2) is 50.0 Å². The Kier molecular flexibility index (Phi) is 5.74. The number of carbonyl (C=O) groups is 3. The SMILES string of the molecule is COC(=O)COC(=O)c1cc(Br)ccc1-c1ccc(/C=C2\C(=O)ON=C2C)o1. The lowest BCUT2D eigenvalue weighted by molar-refractivity contribution is -0.144. The van der Waals surface area contributed by atoms with Crippen molar-refractivity contribution in [3.05, 3.63) is 51.7 Å². The van der Waals surface area contributed by atoms with Crippen LogP contribution >= 0.6 is 15.9 Å². The van der Waals surface area contributed by atoms with Crippen LogP contribution in [-0.4, -0.2) is 37.3 Å². The van der Waals surface area contributed by atoms with E-state index in [2.05, 4.69) is 30.7 Å². The van der Waals surface area contributed by atoms with E-state index in [0.29, 0.717) is 27.3 Å². The Morgan fingerprint density at radius 3 is 2.71 bits per heavy atom. The molecule has 0 fully saturated rings. The molecule has 0 spiro atoms. The molecule has 1 aromatic carbocycles. The minimum absolute atomic E-state index is 0.199. The van der Waals surface area contributed by atoms with Crippen molar-refractivity contribution in [1.29, 1.82) is 0 Å². The maximum absolute atomic E-state index is 12.4. The molecule has 2 heterocycles. The number of furan rings is 1. The third kappa shape index (κ3) is 4.20. The van der Waals surface area contributed by atoms with E-state index in [1.165, 1.54) is 13.2 Å². The second kappa shape index (κ2) is 8.22. The van der Waals surface area contributed by atoms with E-state index in [0.717, 1.165) is 0 Å². The lowest BCUT2D eigenvalue weighted by Crippen LogP contribution is -2.15. The van der Waals surface area contributed by atoms with E-state index in [4.69, 9.17) is 9.15 Å². The summed E-state index contributed by atoms with van der Waals surface area (Å²) in [4.78, 5) is 39.9. The van der Waals surface area contributed by atoms with Crippen molar-refractivity contribution >= 4 is 45.6 Å². The molecule has 0 N–H and O–H groups in total. The molecule has 2 aromatic rings. The molecule has 0 aliphatic carbocycles. The minimum atomic E-state index is -0.708. The van der Waals surface area contributed by atoms with Crippen molar-refractivity contribution < 1.29 is 33.1 Å². The van der Waals surface area contributed by atoms with E-state index in [1.54, 1.807) is 37.3 Å². The van der Waals surface area contributed by atoms with Gasteiger partial charge in [0, 0.05) is 10.0 Å². The zero-order valence-electron chi connectivity index (χ0n) is 14.9. The van der Waals surface area contributed by atoms with Gasteiger partial charge in [0.25, 0.3) is 0 Å². The number of hydrogen-bond acceptors (Lipinski definition) is 8. The van der Waals surface area contributed by atoms with Gasteiger partial charge < -0.3 is 18.7 Å². The van der Waals surface area contributed by atoms with Gasteiger partial charge in [-0.05, 0) is 43.3 Å². The fourth-order valence-electron chi connectivity index (χ4n) is 2.40. The third-order valence-electron chi connectivity index (χ3n) is 3.80. The number of methoxy groups -OCH3 is 1. The summed E-state index contributed by atoms with van der Waals surface area (Å²) < 4.78 is 15.8. The number of rotatable bonds is 5. The summed E-state index contributed by atoms with van der Waals surface area (Å²) >= 11 is 3.30. The van der Waals surface area contributed by atoms with E-state index in [-0.39, 0.29) is 11.1 Å². The molecule has 0 saturated heterocycles. The first-order valence-electron chi connectivity index (χ1n) is 8.00. The lowest BCUT2D eigenvalue weighted by Gasteiger charge is -2.08. The van der Waals surface area contributed by atoms with Crippen LogP contribution in [-0.2, 0) is 23.9 Å². The summed E-state index contributed by atoms with van der Waals surface area (Å²) in [5.41, 5.74) is 1.39. The van der Waals surface area contributed by atoms with Crippen LogP contribution in [0.1, 0.15) is 23.0 Å². The first-order chi connectivity index (χ1) is 13.4. The standard InChI is InChI=1S/C19H14BrNO7/c1-10-14(19(24)28-21-10)8-12-4-6-16(27-12)13-5-3-11(20)7-15(13)18(23)26-9-17(22)25-2/h3-8H,9H2,1-2H3/b14-8-. The molecule has 9 heteroatoms. The molecule has 1 aliphatic rings. The zero-order chi connectivity index (χ0) is 20.3. The first kappa shape index (κ1) is 19.6. The smallest absolute Gasteiger partial charge is 0.367 e. The second-order valence-corrected chi connectivity index (χ2v) is 6.57. The molecule has 28 heavy (non-hydrogen) atoms. The van der Waals surface area contributed by atoms with Crippen molar-refractivity contribution in [2.24, 2.45) is 5.16 Å². The summed E-state index contributed by atoms with van der Waals surface area (Å²) in [6.07, 6.45) is 1.51. The van der Waals surface area contributed by atoms with Gasteiger partial charge in [0.2, 0.25) is 0 Å². The maximum atomic E-state index is 12.4. The highest BCUT2D eigenvalue weighted by Crippen LogP contribution is 2.30. The largest absolute Gasteiger partial charge is 0.466 e. The van der Waals surface area contributed by atoms with Crippen molar-refractivity contribution in [1.82, 2.24) is 0 Å². The molecule has 3 rings (SSSR count). The number of halogens is 1. The average molecular weight is 448 g/mol. The highest BCUT2D eigenvalue weighted by molar-refractivity contribution is 9.10. The van der Waals surface area contributed by atoms with Gasteiger partial charge in [-0.2, -0.15) is 0 Å². The molecule has 1 aromatic heterocycles. The number of ether oxygens (including phenoxy) is 2. The second-order valence-electron chi connectivity index (χ2n) is 5.66. The Morgan fingerprint density at radius 1 is 1.25 bits per heavy atom. The molecule has 0 amide bonds. The summed E-state index contributed by atoms with van der Waals surface area (Å²) in [5, 5.41) is 3.60. The van der Waals surface area contributed by atoms with Gasteiger partial charge in [0.05, 0.1) is 24.0 Å². The molecule has 0 radical (unpaired) electrons. The Bertz CT molecular complexity index is 1020. The van der Waals surface area contributed by atoms with Crippen LogP contribution in [0.5, 0.6) is 0 Å². The van der Waals surface area contributed by atoms with Crippen LogP contribution in [0.2, 0.25) is 0 Å². The summed E-state index contributed by atoms with van der Waals surface area (Å²) in [6, 6.07) is 8.26. The molecule has 0 unspecified atom stereocenters. The fraction of sp³-hybridized carbons (Fsp3) is 0.158. The predicted octanol–water partition coefficient (Wildman–Crippen LogP) is 3.36. The van der Waals surface area contributed by atoms with E-state index in [1.807, 2.05) is 0 Å². The first-order valence-corrected chi connectivity index (χ1v) is 8.80. The summed E-state index contributed by atoms with van der Waals surface area (Å²) in [6.45, 7) is 1.14. The summed E-state index contributed by atoms with van der Waals surface area (Å²) in [7, 11) is 1.20. The molecule has 0 bridgehead atoms. The normalized spacial score (nSPS) is 14.6. The number of nitrogens with zero attached hydrogens (tertiary/aromatic N) is 1. The van der Waals surface area contributed by atoms with Crippen LogP contribution < -0.4 is 0 Å². The van der Waals surface area contributed by atoms with Crippen LogP contribution in [0.25, 0.3) is 17.4 Å². The number of carbonyl (C=O) groups excluding carboxylic acids is 3. The van der Waals surface area contributed by atoms with Gasteiger partial charge >= 0.3 is 17.9 Å². The Hall–Kier alpha value is -3.20. The van der Waals surface area contributed by atoms with Crippen molar-refractivity contribution in [2.75, 3.05) is 13.7 Å². The van der Waals surface area contributed by atoms with Crippen molar-refractivity contribution in [2.45, 2.75) is 6.92 Å². The molecular weight excluding hydrogens is 434 g/mol. The maximum Gasteiger partial charge on any atom is 0.367 e. The van der Waals surface area contributed by atoms with Crippen molar-refractivity contribution in [3.63, 3.8) is 0 Å². The number of esters is 2. The number of benzene rings is 1. The van der Waals surface area contributed by atoms with E-state index in [9.17, 15) is 14.4 Å². The van der Waals surface area contributed by atoms with Crippen LogP contribution in [0.4, 0.5) is 0 Å². The van der Waals surface area contributed by atoms with Gasteiger partial charge in [0.15, 0.2) is 6.61 Å². The van der Waals surface area contributed by atoms with Crippen LogP contribution in [0.3, 0.4) is 0 Å². The summed E-state index contributed by atoms with van der Waals surface area (Å²) in [5.74, 6) is -1.18. The molecular formula is C19H14BrNO7. The Labute approximate surface area is 167 Å². The predicted molar refractivity (Wildman–Crippen MR) is 101 cm³/mol. The molecule has 0 atom stereocenters. The van der Waals surface area contributed by atoms with Gasteiger partial charge in [-0.3, -0.25) is 0 Å². The Morgan fingerprint density at radius 2 is 2.04 bits per heavy atom. The van der Waals surface area contributed by atoms with Crippen LogP contribution in [0, 0.1) is 0 Å². The quantitative estimate of drug-likeness (QED) is 0.393. The highest BCUT2D eigenvalue weighted by atomic mass is 79.9. The molecule has 8 nitrogen and oxygen atoms in total. The molecule has 144 valence electrons. The number of oxime groups is 1. The monoisotopic (exact) mass is 447 g/mol. The highest BCUT2D eigenvalue weighted by Gasteiger charge is 2.23. The zero-order valence-corrected chi connectivity index (χ0v) is 16.4. The molecule has 0 saturated carbocycles. The minimum Gasteiger partial charge on any atom is -0.466 e. The topological polar surface area (TPSA) is 104 Å². The Balaban J connectivity index is 1.90. The average Bonchev–Trinajstić information content (AvgIpc) is 3.27. The van der Waals surface area contributed by atoms with Gasteiger partial charge in [-0.15, -0.1) is 0 Å². The van der Waals surface area contributed by atoms with Crippen molar-refractivity contribution in [3.8, 4) is 11.3 Å². The fourth-order valence-corrected chi connectivity index (χ4v) is 2.76. The van der Waals surface area contributed by atoms with E-state index < -0.39 is 24.5 Å². The lowest BCUT2D eigenvalue weighted by atomic mass is 10.1. The molecule has 1 aliphatic heterocycles. The van der Waals surface area contributed by atoms with Gasteiger partial charge in [-0.1, -0.05) is 21.1 Å². The van der Waals surface area contributed by atoms with Gasteiger partial charge in [-0.25, -0.2) is 14.4 Å². The third-order valence-corrected chi connectivity index (χ3v) is 4.30. The van der Waals surface area contributed by atoms with E-state index >= 15 is 0 Å². The number of hydrogen-bond donors (Lipinski definition) is 0. The van der Waals surface area contributed by atoms with Gasteiger partial charge in [0.1, 0.15) is 11.5 Å².